The predicted octanol–water partition coefficient (Wildman–Crippen LogP) is 1.42. The molecule has 3 rings (SSSR count). The fourth-order valence-electron chi connectivity index (χ4n) is 1.68. The Morgan fingerprint density at radius 1 is 1.37 bits per heavy atom. The molecule has 1 N–H and O–H groups in total. The van der Waals surface area contributed by atoms with Gasteiger partial charge in [0.1, 0.15) is 11.6 Å². The molecule has 100 valence electrons. The lowest BCUT2D eigenvalue weighted by molar-refractivity contribution is 0.383. The van der Waals surface area contributed by atoms with Gasteiger partial charge in [-0.15, -0.1) is 0 Å². The summed E-state index contributed by atoms with van der Waals surface area (Å²) in [6.45, 7) is 0.460. The zero-order valence-electron chi connectivity index (χ0n) is 11.0. The molecule has 0 amide bonds. The summed E-state index contributed by atoms with van der Waals surface area (Å²) in [7, 11) is 3.74. The molecular weight excluding hydrogens is 244 g/mol. The van der Waals surface area contributed by atoms with Crippen LogP contribution in [0.3, 0.4) is 0 Å². The van der Waals surface area contributed by atoms with Crippen LogP contribution < -0.4 is 10.2 Å². The van der Waals surface area contributed by atoms with Crippen LogP contribution in [0.2, 0.25) is 0 Å². The van der Waals surface area contributed by atoms with Crippen molar-refractivity contribution in [3.8, 4) is 0 Å². The topological polar surface area (TPSA) is 80.0 Å². The lowest BCUT2D eigenvalue weighted by Crippen LogP contribution is -2.10. The van der Waals surface area contributed by atoms with E-state index in [0.29, 0.717) is 24.3 Å². The molecular formula is C12H16N6O. The summed E-state index contributed by atoms with van der Waals surface area (Å²) in [5, 5.41) is 7.02. The first-order valence-electron chi connectivity index (χ1n) is 6.29. The Morgan fingerprint density at radius 2 is 2.21 bits per heavy atom. The second kappa shape index (κ2) is 4.83. The number of rotatable bonds is 5. The largest absolute Gasteiger partial charge is 0.361 e. The minimum absolute atomic E-state index is 0.460. The molecule has 19 heavy (non-hydrogen) atoms. The quantitative estimate of drug-likeness (QED) is 0.870. The van der Waals surface area contributed by atoms with Crippen LogP contribution in [0, 0.1) is 0 Å². The van der Waals surface area contributed by atoms with Crippen molar-refractivity contribution >= 4 is 11.8 Å². The number of anilines is 2. The van der Waals surface area contributed by atoms with E-state index >= 15 is 0 Å². The highest BCUT2D eigenvalue weighted by atomic mass is 16.5. The van der Waals surface area contributed by atoms with E-state index in [9.17, 15) is 0 Å². The Labute approximate surface area is 111 Å². The molecule has 2 heterocycles. The van der Waals surface area contributed by atoms with Gasteiger partial charge in [-0.25, -0.2) is 9.97 Å². The Hall–Kier alpha value is -2.18. The second-order valence-electron chi connectivity index (χ2n) is 4.81. The van der Waals surface area contributed by atoms with Crippen LogP contribution in [0.15, 0.2) is 16.8 Å². The van der Waals surface area contributed by atoms with Crippen molar-refractivity contribution in [2.45, 2.75) is 25.3 Å². The molecule has 0 radical (unpaired) electrons. The third kappa shape index (κ3) is 2.81. The summed E-state index contributed by atoms with van der Waals surface area (Å²) >= 11 is 0. The Morgan fingerprint density at radius 3 is 2.89 bits per heavy atom. The molecule has 7 heteroatoms. The fraction of sp³-hybridized carbons (Fsp3) is 0.500. The van der Waals surface area contributed by atoms with Crippen molar-refractivity contribution in [1.29, 1.82) is 0 Å². The maximum atomic E-state index is 5.13. The van der Waals surface area contributed by atoms with E-state index in [4.69, 9.17) is 4.52 Å². The summed E-state index contributed by atoms with van der Waals surface area (Å²) in [5.41, 5.74) is 0. The van der Waals surface area contributed by atoms with E-state index in [1.807, 2.05) is 20.2 Å². The summed E-state index contributed by atoms with van der Waals surface area (Å²) in [4.78, 5) is 14.8. The van der Waals surface area contributed by atoms with Gasteiger partial charge in [-0.1, -0.05) is 0 Å². The average Bonchev–Trinajstić information content (AvgIpc) is 3.15. The lowest BCUT2D eigenvalue weighted by atomic mass is 10.4. The number of hydrogen-bond acceptors (Lipinski definition) is 7. The van der Waals surface area contributed by atoms with Crippen LogP contribution in [0.25, 0.3) is 0 Å². The highest BCUT2D eigenvalue weighted by Crippen LogP contribution is 2.38. The van der Waals surface area contributed by atoms with E-state index in [0.717, 1.165) is 11.6 Å². The molecule has 1 fully saturated rings. The smallest absolute Gasteiger partial charge is 0.265 e. The van der Waals surface area contributed by atoms with Crippen LogP contribution in [-0.4, -0.2) is 34.2 Å². The SMILES string of the molecule is CN(C)c1noc(CNc2ccnc(C3CC3)n2)n1. The van der Waals surface area contributed by atoms with Crippen molar-refractivity contribution in [2.75, 3.05) is 24.3 Å². The first-order chi connectivity index (χ1) is 9.22. The molecule has 0 atom stereocenters. The molecule has 0 aromatic carbocycles. The number of hydrogen-bond donors (Lipinski definition) is 1. The molecule has 0 saturated heterocycles. The Bertz CT molecular complexity index is 563. The first kappa shape index (κ1) is 11.9. The maximum Gasteiger partial charge on any atom is 0.265 e. The Kier molecular flexibility index (Phi) is 3.02. The van der Waals surface area contributed by atoms with Crippen LogP contribution in [0.1, 0.15) is 30.5 Å². The highest BCUT2D eigenvalue weighted by molar-refractivity contribution is 5.34. The molecule has 0 spiro atoms. The van der Waals surface area contributed by atoms with E-state index in [-0.39, 0.29) is 0 Å². The first-order valence-corrected chi connectivity index (χ1v) is 6.29. The molecule has 2 aromatic rings. The normalized spacial score (nSPS) is 14.4. The van der Waals surface area contributed by atoms with Gasteiger partial charge in [-0.2, -0.15) is 4.98 Å². The van der Waals surface area contributed by atoms with Gasteiger partial charge in [0, 0.05) is 26.2 Å². The lowest BCUT2D eigenvalue weighted by Gasteiger charge is -2.04. The standard InChI is InChI=1S/C12H16N6O/c1-18(2)12-16-10(19-17-12)7-14-9-5-6-13-11(15-9)8-3-4-8/h5-6,8H,3-4,7H2,1-2H3,(H,13,14,15). The van der Waals surface area contributed by atoms with Gasteiger partial charge in [-0.3, -0.25) is 0 Å². The maximum absolute atomic E-state index is 5.13. The van der Waals surface area contributed by atoms with Gasteiger partial charge in [0.25, 0.3) is 5.95 Å². The molecule has 1 aliphatic carbocycles. The van der Waals surface area contributed by atoms with Crippen molar-refractivity contribution < 1.29 is 4.52 Å². The van der Waals surface area contributed by atoms with Crippen molar-refractivity contribution in [1.82, 2.24) is 20.1 Å². The molecule has 1 aliphatic rings. The van der Waals surface area contributed by atoms with Crippen LogP contribution in [0.5, 0.6) is 0 Å². The molecule has 1 saturated carbocycles. The third-order valence-electron chi connectivity index (χ3n) is 2.89. The van der Waals surface area contributed by atoms with Crippen LogP contribution in [-0.2, 0) is 6.54 Å². The van der Waals surface area contributed by atoms with Crippen LogP contribution in [0.4, 0.5) is 11.8 Å². The van der Waals surface area contributed by atoms with Gasteiger partial charge in [0.2, 0.25) is 5.89 Å². The fourth-order valence-corrected chi connectivity index (χ4v) is 1.68. The Balaban J connectivity index is 1.63. The minimum Gasteiger partial charge on any atom is -0.361 e. The average molecular weight is 260 g/mol. The third-order valence-corrected chi connectivity index (χ3v) is 2.89. The summed E-state index contributed by atoms with van der Waals surface area (Å²) in [5.74, 6) is 3.37. The summed E-state index contributed by atoms with van der Waals surface area (Å²) < 4.78 is 5.13. The zero-order chi connectivity index (χ0) is 13.2. The van der Waals surface area contributed by atoms with E-state index in [2.05, 4.69) is 25.4 Å². The van der Waals surface area contributed by atoms with Crippen molar-refractivity contribution in [2.24, 2.45) is 0 Å². The molecule has 0 unspecified atom stereocenters. The molecule has 7 nitrogen and oxygen atoms in total. The number of nitrogens with one attached hydrogen (secondary N) is 1. The monoisotopic (exact) mass is 260 g/mol. The predicted molar refractivity (Wildman–Crippen MR) is 70.0 cm³/mol. The minimum atomic E-state index is 0.460. The highest BCUT2D eigenvalue weighted by Gasteiger charge is 2.26. The van der Waals surface area contributed by atoms with Gasteiger partial charge in [0.05, 0.1) is 6.54 Å². The summed E-state index contributed by atoms with van der Waals surface area (Å²) in [6.07, 6.45) is 4.17. The zero-order valence-corrected chi connectivity index (χ0v) is 11.0. The van der Waals surface area contributed by atoms with Crippen molar-refractivity contribution in [3.05, 3.63) is 24.0 Å². The van der Waals surface area contributed by atoms with Gasteiger partial charge < -0.3 is 14.7 Å². The molecule has 2 aromatic heterocycles. The van der Waals surface area contributed by atoms with Crippen LogP contribution >= 0.6 is 0 Å². The summed E-state index contributed by atoms with van der Waals surface area (Å²) in [6, 6.07) is 1.84. The van der Waals surface area contributed by atoms with E-state index in [1.54, 1.807) is 11.1 Å². The van der Waals surface area contributed by atoms with E-state index in [1.165, 1.54) is 12.8 Å². The van der Waals surface area contributed by atoms with Gasteiger partial charge in [0.15, 0.2) is 0 Å². The van der Waals surface area contributed by atoms with Gasteiger partial charge in [-0.05, 0) is 24.1 Å². The van der Waals surface area contributed by atoms with Crippen molar-refractivity contribution in [3.63, 3.8) is 0 Å². The number of aromatic nitrogens is 4. The number of nitrogens with zero attached hydrogens (tertiary/aromatic N) is 5. The van der Waals surface area contributed by atoms with E-state index < -0.39 is 0 Å². The second-order valence-corrected chi connectivity index (χ2v) is 4.81. The molecule has 0 aliphatic heterocycles. The molecule has 0 bridgehead atoms. The van der Waals surface area contributed by atoms with Gasteiger partial charge >= 0.3 is 0 Å².